The van der Waals surface area contributed by atoms with Gasteiger partial charge in [-0.05, 0) is 35.7 Å². The SMILES string of the molecule is COCC(=O)N1C[C@H]2CN(c3noc(C4CCC4)n3)C[C@H]2[C@@H]1c1cccc(F)c1. The number of hydrogen-bond donors (Lipinski definition) is 0. The molecular weight excluding hydrogens is 375 g/mol. The predicted octanol–water partition coefficient (Wildman–Crippen LogP) is 2.76. The van der Waals surface area contributed by atoms with Crippen molar-refractivity contribution in [2.45, 2.75) is 31.2 Å². The Morgan fingerprint density at radius 3 is 2.90 bits per heavy atom. The molecule has 5 rings (SSSR count). The summed E-state index contributed by atoms with van der Waals surface area (Å²) in [5.74, 6) is 1.88. The molecule has 0 bridgehead atoms. The van der Waals surface area contributed by atoms with E-state index in [-0.39, 0.29) is 36.2 Å². The van der Waals surface area contributed by atoms with Gasteiger partial charge in [-0.15, -0.1) is 0 Å². The molecule has 1 amide bonds. The minimum atomic E-state index is -0.289. The molecule has 1 aliphatic carbocycles. The van der Waals surface area contributed by atoms with Gasteiger partial charge in [-0.3, -0.25) is 4.79 Å². The summed E-state index contributed by atoms with van der Waals surface area (Å²) in [7, 11) is 1.52. The zero-order valence-corrected chi connectivity index (χ0v) is 16.5. The number of benzene rings is 1. The maximum absolute atomic E-state index is 13.9. The highest BCUT2D eigenvalue weighted by molar-refractivity contribution is 5.78. The largest absolute Gasteiger partial charge is 0.375 e. The topological polar surface area (TPSA) is 71.7 Å². The van der Waals surface area contributed by atoms with Crippen LogP contribution >= 0.6 is 0 Å². The molecule has 3 heterocycles. The fourth-order valence-corrected chi connectivity index (χ4v) is 4.97. The third-order valence-electron chi connectivity index (χ3n) is 6.61. The second-order valence-corrected chi connectivity index (χ2v) is 8.37. The van der Waals surface area contributed by atoms with Crippen molar-refractivity contribution in [3.8, 4) is 0 Å². The van der Waals surface area contributed by atoms with Gasteiger partial charge >= 0.3 is 0 Å². The number of amides is 1. The van der Waals surface area contributed by atoms with Crippen LogP contribution < -0.4 is 4.90 Å². The van der Waals surface area contributed by atoms with Crippen molar-refractivity contribution in [1.82, 2.24) is 15.0 Å². The maximum Gasteiger partial charge on any atom is 0.266 e. The van der Waals surface area contributed by atoms with Gasteiger partial charge in [0.2, 0.25) is 11.8 Å². The summed E-state index contributed by atoms with van der Waals surface area (Å²) in [6.45, 7) is 2.13. The second kappa shape index (κ2) is 7.40. The van der Waals surface area contributed by atoms with Crippen molar-refractivity contribution < 1.29 is 18.4 Å². The van der Waals surface area contributed by atoms with E-state index >= 15 is 0 Å². The van der Waals surface area contributed by atoms with Gasteiger partial charge in [-0.25, -0.2) is 4.39 Å². The average molecular weight is 400 g/mol. The lowest BCUT2D eigenvalue weighted by molar-refractivity contribution is -0.136. The number of rotatable bonds is 5. The van der Waals surface area contributed by atoms with Crippen LogP contribution in [0.25, 0.3) is 0 Å². The third-order valence-corrected chi connectivity index (χ3v) is 6.61. The van der Waals surface area contributed by atoms with E-state index in [0.717, 1.165) is 30.8 Å². The number of nitrogens with zero attached hydrogens (tertiary/aromatic N) is 4. The van der Waals surface area contributed by atoms with E-state index < -0.39 is 0 Å². The van der Waals surface area contributed by atoms with E-state index in [1.54, 1.807) is 6.07 Å². The Labute approximate surface area is 168 Å². The molecule has 2 aliphatic heterocycles. The molecule has 154 valence electrons. The number of carbonyl (C=O) groups excluding carboxylic acids is 1. The Hall–Kier alpha value is -2.48. The van der Waals surface area contributed by atoms with E-state index in [1.807, 2.05) is 11.0 Å². The quantitative estimate of drug-likeness (QED) is 0.769. The van der Waals surface area contributed by atoms with E-state index in [2.05, 4.69) is 15.0 Å². The normalized spacial score (nSPS) is 26.6. The van der Waals surface area contributed by atoms with E-state index in [9.17, 15) is 9.18 Å². The number of hydrogen-bond acceptors (Lipinski definition) is 6. The minimum absolute atomic E-state index is 0.0323. The van der Waals surface area contributed by atoms with Crippen molar-refractivity contribution in [3.63, 3.8) is 0 Å². The molecule has 2 aromatic rings. The van der Waals surface area contributed by atoms with E-state index in [1.165, 1.54) is 25.7 Å². The Kier molecular flexibility index (Phi) is 4.73. The number of methoxy groups -OCH3 is 1. The molecule has 7 nitrogen and oxygen atoms in total. The van der Waals surface area contributed by atoms with Crippen LogP contribution in [0.3, 0.4) is 0 Å². The molecule has 0 unspecified atom stereocenters. The average Bonchev–Trinajstić information content (AvgIpc) is 3.34. The molecule has 1 aromatic heterocycles. The fraction of sp³-hybridized carbons (Fsp3) is 0.571. The molecule has 29 heavy (non-hydrogen) atoms. The molecule has 0 radical (unpaired) electrons. The molecule has 0 spiro atoms. The number of ether oxygens (including phenoxy) is 1. The lowest BCUT2D eigenvalue weighted by Crippen LogP contribution is -2.37. The number of aromatic nitrogens is 2. The van der Waals surface area contributed by atoms with Crippen LogP contribution in [0.2, 0.25) is 0 Å². The summed E-state index contributed by atoms with van der Waals surface area (Å²) in [6.07, 6.45) is 3.45. The highest BCUT2D eigenvalue weighted by Crippen LogP contribution is 2.46. The Morgan fingerprint density at radius 1 is 1.31 bits per heavy atom. The zero-order chi connectivity index (χ0) is 20.0. The molecule has 1 aromatic carbocycles. The van der Waals surface area contributed by atoms with Crippen molar-refractivity contribution >= 4 is 11.9 Å². The van der Waals surface area contributed by atoms with Gasteiger partial charge in [0.15, 0.2) is 0 Å². The Balaban J connectivity index is 1.39. The van der Waals surface area contributed by atoms with Gasteiger partial charge in [0.25, 0.3) is 5.95 Å². The first-order valence-corrected chi connectivity index (χ1v) is 10.3. The predicted molar refractivity (Wildman–Crippen MR) is 103 cm³/mol. The molecule has 0 N–H and O–H groups in total. The Bertz CT molecular complexity index is 900. The number of fused-ring (bicyclic) bond motifs is 1. The van der Waals surface area contributed by atoms with Crippen LogP contribution in [0, 0.1) is 17.7 Å². The number of likely N-dealkylation sites (tertiary alicyclic amines) is 1. The summed E-state index contributed by atoms with van der Waals surface area (Å²) < 4.78 is 24.5. The van der Waals surface area contributed by atoms with Gasteiger partial charge in [-0.2, -0.15) is 4.98 Å². The van der Waals surface area contributed by atoms with Gasteiger partial charge in [-0.1, -0.05) is 18.6 Å². The number of carbonyl (C=O) groups is 1. The molecule has 3 aliphatic rings. The van der Waals surface area contributed by atoms with Crippen LogP contribution in [0.15, 0.2) is 28.8 Å². The lowest BCUT2D eigenvalue weighted by atomic mass is 9.85. The summed E-state index contributed by atoms with van der Waals surface area (Å²) in [6, 6.07) is 6.38. The van der Waals surface area contributed by atoms with Gasteiger partial charge < -0.3 is 19.1 Å². The second-order valence-electron chi connectivity index (χ2n) is 8.37. The van der Waals surface area contributed by atoms with Crippen molar-refractivity contribution in [2.24, 2.45) is 11.8 Å². The van der Waals surface area contributed by atoms with E-state index in [4.69, 9.17) is 9.26 Å². The van der Waals surface area contributed by atoms with Crippen molar-refractivity contribution in [3.05, 3.63) is 41.5 Å². The monoisotopic (exact) mass is 400 g/mol. The van der Waals surface area contributed by atoms with Crippen LogP contribution in [-0.4, -0.2) is 54.3 Å². The van der Waals surface area contributed by atoms with Gasteiger partial charge in [0.1, 0.15) is 12.4 Å². The van der Waals surface area contributed by atoms with Crippen molar-refractivity contribution in [2.75, 3.05) is 38.3 Å². The Morgan fingerprint density at radius 2 is 2.17 bits per heavy atom. The molecule has 8 heteroatoms. The number of halogens is 1. The number of anilines is 1. The smallest absolute Gasteiger partial charge is 0.266 e. The lowest BCUT2D eigenvalue weighted by Gasteiger charge is -2.29. The van der Waals surface area contributed by atoms with Gasteiger partial charge in [0, 0.05) is 44.5 Å². The molecule has 3 atom stereocenters. The van der Waals surface area contributed by atoms with Crippen LogP contribution in [0.5, 0.6) is 0 Å². The summed E-state index contributed by atoms with van der Waals surface area (Å²) >= 11 is 0. The fourth-order valence-electron chi connectivity index (χ4n) is 4.97. The molecule has 2 saturated heterocycles. The summed E-state index contributed by atoms with van der Waals surface area (Å²) in [5.41, 5.74) is 0.826. The van der Waals surface area contributed by atoms with Crippen LogP contribution in [-0.2, 0) is 9.53 Å². The standard InChI is InChI=1S/C21H25FN4O3/c1-28-12-18(27)26-10-15-9-25(21-23-20(29-24-21)13-4-2-5-13)11-17(15)19(26)14-6-3-7-16(22)8-14/h3,6-8,13,15,17,19H,2,4-5,9-12H2,1H3/t15-,17-,19+/m1/s1. The molecule has 3 fully saturated rings. The summed E-state index contributed by atoms with van der Waals surface area (Å²) in [5, 5.41) is 4.20. The highest BCUT2D eigenvalue weighted by Gasteiger charge is 2.50. The van der Waals surface area contributed by atoms with Crippen molar-refractivity contribution in [1.29, 1.82) is 0 Å². The first-order chi connectivity index (χ1) is 14.1. The first kappa shape index (κ1) is 18.5. The molecular formula is C21H25FN4O3. The van der Waals surface area contributed by atoms with E-state index in [0.29, 0.717) is 25.0 Å². The highest BCUT2D eigenvalue weighted by atomic mass is 19.1. The zero-order valence-electron chi connectivity index (χ0n) is 16.5. The van der Waals surface area contributed by atoms with Crippen LogP contribution in [0.1, 0.15) is 42.7 Å². The van der Waals surface area contributed by atoms with Gasteiger partial charge in [0.05, 0.1) is 6.04 Å². The first-order valence-electron chi connectivity index (χ1n) is 10.3. The summed E-state index contributed by atoms with van der Waals surface area (Å²) in [4.78, 5) is 21.3. The third kappa shape index (κ3) is 3.29. The maximum atomic E-state index is 13.9. The molecule has 1 saturated carbocycles. The minimum Gasteiger partial charge on any atom is -0.375 e. The van der Waals surface area contributed by atoms with Crippen LogP contribution in [0.4, 0.5) is 10.3 Å².